The monoisotopic (exact) mass is 162 g/mol. The van der Waals surface area contributed by atoms with E-state index in [0.29, 0.717) is 0 Å². The Kier molecular flexibility index (Phi) is 4.07. The van der Waals surface area contributed by atoms with Gasteiger partial charge in [-0.05, 0) is 20.8 Å². The lowest BCUT2D eigenvalue weighted by Crippen LogP contribution is -2.31. The van der Waals surface area contributed by atoms with Crippen LogP contribution in [0, 0.1) is 0 Å². The number of rotatable bonds is 4. The van der Waals surface area contributed by atoms with Gasteiger partial charge in [0.2, 0.25) is 0 Å². The Morgan fingerprint density at radius 3 is 2.09 bits per heavy atom. The molecule has 0 bridgehead atoms. The van der Waals surface area contributed by atoms with Crippen LogP contribution in [0.15, 0.2) is 0 Å². The summed E-state index contributed by atoms with van der Waals surface area (Å²) in [6.45, 7) is 4.62. The van der Waals surface area contributed by atoms with Gasteiger partial charge < -0.3 is 14.9 Å². The van der Waals surface area contributed by atoms with Crippen LogP contribution in [0.2, 0.25) is 0 Å². The van der Waals surface area contributed by atoms with Gasteiger partial charge in [-0.25, -0.2) is 4.79 Å². The summed E-state index contributed by atoms with van der Waals surface area (Å²) in [6.07, 6.45) is -1.95. The van der Waals surface area contributed by atoms with E-state index in [-0.39, 0.29) is 0 Å². The molecule has 4 heteroatoms. The molecule has 2 N–H and O–H groups in total. The molecule has 0 fully saturated rings. The van der Waals surface area contributed by atoms with Crippen molar-refractivity contribution in [3.8, 4) is 0 Å². The Balaban J connectivity index is 3.75. The van der Waals surface area contributed by atoms with E-state index < -0.39 is 24.3 Å². The van der Waals surface area contributed by atoms with Gasteiger partial charge in [-0.15, -0.1) is 0 Å². The maximum atomic E-state index is 10.3. The standard InChI is InChI=1S/C7H14O4/c1-4(8)5(2)11-6(3)7(9)10/h4-6,8H,1-3H3,(H,9,10)/t4?,5?,6-/m1/s1. The van der Waals surface area contributed by atoms with Crippen LogP contribution in [0.1, 0.15) is 20.8 Å². The number of carbonyl (C=O) groups is 1. The van der Waals surface area contributed by atoms with E-state index in [4.69, 9.17) is 14.9 Å². The van der Waals surface area contributed by atoms with Crippen LogP contribution >= 0.6 is 0 Å². The number of ether oxygens (including phenoxy) is 1. The first kappa shape index (κ1) is 10.4. The molecular formula is C7H14O4. The van der Waals surface area contributed by atoms with Crippen molar-refractivity contribution in [1.29, 1.82) is 0 Å². The summed E-state index contributed by atoms with van der Waals surface area (Å²) < 4.78 is 4.92. The van der Waals surface area contributed by atoms with Crippen LogP contribution in [0.5, 0.6) is 0 Å². The summed E-state index contributed by atoms with van der Waals surface area (Å²) in [4.78, 5) is 10.3. The Bertz CT molecular complexity index is 132. The molecule has 0 heterocycles. The first-order chi connectivity index (χ1) is 4.95. The highest BCUT2D eigenvalue weighted by Gasteiger charge is 2.17. The minimum atomic E-state index is -1.02. The fraction of sp³-hybridized carbons (Fsp3) is 0.857. The van der Waals surface area contributed by atoms with Crippen molar-refractivity contribution >= 4 is 5.97 Å². The second-order valence-electron chi connectivity index (χ2n) is 2.56. The quantitative estimate of drug-likeness (QED) is 0.621. The smallest absolute Gasteiger partial charge is 0.332 e. The Hall–Kier alpha value is -0.610. The Labute approximate surface area is 65.8 Å². The zero-order valence-corrected chi connectivity index (χ0v) is 6.94. The molecule has 66 valence electrons. The van der Waals surface area contributed by atoms with Crippen LogP contribution in [0.4, 0.5) is 0 Å². The fourth-order valence-electron chi connectivity index (χ4n) is 0.494. The maximum Gasteiger partial charge on any atom is 0.332 e. The summed E-state index contributed by atoms with van der Waals surface area (Å²) in [7, 11) is 0. The minimum absolute atomic E-state index is 0.443. The molecule has 0 aromatic rings. The fourth-order valence-corrected chi connectivity index (χ4v) is 0.494. The van der Waals surface area contributed by atoms with Crippen molar-refractivity contribution in [2.24, 2.45) is 0 Å². The van der Waals surface area contributed by atoms with Crippen LogP contribution in [0.3, 0.4) is 0 Å². The van der Waals surface area contributed by atoms with Gasteiger partial charge >= 0.3 is 5.97 Å². The summed E-state index contributed by atoms with van der Waals surface area (Å²) >= 11 is 0. The third-order valence-corrected chi connectivity index (χ3v) is 1.45. The van der Waals surface area contributed by atoms with E-state index in [0.717, 1.165) is 0 Å². The second kappa shape index (κ2) is 4.31. The Morgan fingerprint density at radius 2 is 1.82 bits per heavy atom. The lowest BCUT2D eigenvalue weighted by molar-refractivity contribution is -0.155. The molecule has 4 nitrogen and oxygen atoms in total. The molecule has 0 saturated heterocycles. The number of carboxylic acid groups (broad SMARTS) is 1. The van der Waals surface area contributed by atoms with Gasteiger partial charge in [0.1, 0.15) is 0 Å². The zero-order chi connectivity index (χ0) is 9.02. The van der Waals surface area contributed by atoms with Crippen molar-refractivity contribution in [3.05, 3.63) is 0 Å². The maximum absolute atomic E-state index is 10.3. The average molecular weight is 162 g/mol. The van der Waals surface area contributed by atoms with Gasteiger partial charge in [0.25, 0.3) is 0 Å². The van der Waals surface area contributed by atoms with Gasteiger partial charge in [0.05, 0.1) is 12.2 Å². The number of aliphatic hydroxyl groups is 1. The molecule has 0 saturated carbocycles. The second-order valence-corrected chi connectivity index (χ2v) is 2.56. The molecule has 0 aromatic carbocycles. The molecule has 11 heavy (non-hydrogen) atoms. The van der Waals surface area contributed by atoms with Gasteiger partial charge in [0, 0.05) is 0 Å². The number of carboxylic acids is 1. The predicted octanol–water partition coefficient (Wildman–Crippen LogP) is 0.245. The molecule has 3 atom stereocenters. The number of hydrogen-bond acceptors (Lipinski definition) is 3. The van der Waals surface area contributed by atoms with Gasteiger partial charge in [-0.2, -0.15) is 0 Å². The van der Waals surface area contributed by atoms with Crippen LogP contribution in [-0.2, 0) is 9.53 Å². The van der Waals surface area contributed by atoms with Crippen molar-refractivity contribution in [2.45, 2.75) is 39.1 Å². The summed E-state index contributed by atoms with van der Waals surface area (Å²) in [5, 5.41) is 17.3. The normalized spacial score (nSPS) is 18.9. The first-order valence-electron chi connectivity index (χ1n) is 3.51. The highest BCUT2D eigenvalue weighted by molar-refractivity contribution is 5.71. The summed E-state index contributed by atoms with van der Waals surface area (Å²) in [6, 6.07) is 0. The molecule has 0 radical (unpaired) electrons. The summed E-state index contributed by atoms with van der Waals surface area (Å²) in [5.74, 6) is -1.02. The van der Waals surface area contributed by atoms with Crippen molar-refractivity contribution < 1.29 is 19.7 Å². The molecule has 0 aliphatic rings. The van der Waals surface area contributed by atoms with Gasteiger partial charge in [-0.3, -0.25) is 0 Å². The Morgan fingerprint density at radius 1 is 1.36 bits per heavy atom. The highest BCUT2D eigenvalue weighted by atomic mass is 16.5. The molecule has 0 amide bonds. The number of aliphatic hydroxyl groups excluding tert-OH is 1. The minimum Gasteiger partial charge on any atom is -0.479 e. The molecule has 2 unspecified atom stereocenters. The van der Waals surface area contributed by atoms with Gasteiger partial charge in [-0.1, -0.05) is 0 Å². The average Bonchev–Trinajstić information content (AvgIpc) is 1.87. The first-order valence-corrected chi connectivity index (χ1v) is 3.51. The molecule has 0 aliphatic heterocycles. The van der Waals surface area contributed by atoms with E-state index in [1.807, 2.05) is 0 Å². The number of hydrogen-bond donors (Lipinski definition) is 2. The van der Waals surface area contributed by atoms with Gasteiger partial charge in [0.15, 0.2) is 6.10 Å². The van der Waals surface area contributed by atoms with Crippen molar-refractivity contribution in [1.82, 2.24) is 0 Å². The third kappa shape index (κ3) is 3.95. The molecule has 0 aliphatic carbocycles. The summed E-state index contributed by atoms with van der Waals surface area (Å²) in [5.41, 5.74) is 0. The lowest BCUT2D eigenvalue weighted by atomic mass is 10.2. The van der Waals surface area contributed by atoms with E-state index in [1.54, 1.807) is 13.8 Å². The molecular weight excluding hydrogens is 148 g/mol. The van der Waals surface area contributed by atoms with Crippen LogP contribution in [0.25, 0.3) is 0 Å². The largest absolute Gasteiger partial charge is 0.479 e. The predicted molar refractivity (Wildman–Crippen MR) is 39.3 cm³/mol. The third-order valence-electron chi connectivity index (χ3n) is 1.45. The van der Waals surface area contributed by atoms with Crippen LogP contribution in [-0.4, -0.2) is 34.5 Å². The van der Waals surface area contributed by atoms with E-state index in [1.165, 1.54) is 6.92 Å². The van der Waals surface area contributed by atoms with E-state index >= 15 is 0 Å². The van der Waals surface area contributed by atoms with E-state index in [2.05, 4.69) is 0 Å². The SMILES string of the molecule is CC(O)C(C)O[C@H](C)C(=O)O. The number of aliphatic carboxylic acids is 1. The highest BCUT2D eigenvalue weighted by Crippen LogP contribution is 2.02. The molecule has 0 spiro atoms. The topological polar surface area (TPSA) is 66.8 Å². The molecule has 0 aromatic heterocycles. The zero-order valence-electron chi connectivity index (χ0n) is 6.94. The van der Waals surface area contributed by atoms with Crippen LogP contribution < -0.4 is 0 Å². The van der Waals surface area contributed by atoms with Crippen molar-refractivity contribution in [2.75, 3.05) is 0 Å². The molecule has 0 rings (SSSR count). The lowest BCUT2D eigenvalue weighted by Gasteiger charge is -2.18. The van der Waals surface area contributed by atoms with Crippen molar-refractivity contribution in [3.63, 3.8) is 0 Å². The van der Waals surface area contributed by atoms with E-state index in [9.17, 15) is 4.79 Å².